The third kappa shape index (κ3) is 4.37. The van der Waals surface area contributed by atoms with E-state index in [9.17, 15) is 15.3 Å². The summed E-state index contributed by atoms with van der Waals surface area (Å²) in [6.07, 6.45) is 1.47. The average molecular weight is 499 g/mol. The molecule has 3 atom stereocenters. The summed E-state index contributed by atoms with van der Waals surface area (Å²) in [6.45, 7) is 4.15. The monoisotopic (exact) mass is 498 g/mol. The van der Waals surface area contributed by atoms with Gasteiger partial charge in [-0.05, 0) is 38.8 Å². The summed E-state index contributed by atoms with van der Waals surface area (Å²) in [5, 5.41) is 39.4. The van der Waals surface area contributed by atoms with Crippen molar-refractivity contribution in [2.24, 2.45) is 5.92 Å². The lowest BCUT2D eigenvalue weighted by Crippen LogP contribution is -2.48. The number of nitrogens with one attached hydrogen (secondary N) is 2. The number of hydrogen-bond acceptors (Lipinski definition) is 11. The van der Waals surface area contributed by atoms with Crippen molar-refractivity contribution in [1.29, 1.82) is 0 Å². The highest BCUT2D eigenvalue weighted by atomic mass is 32.1. The number of aryl methyl sites for hydroxylation is 2. The first-order valence-electron chi connectivity index (χ1n) is 11.1. The molecule has 1 aliphatic rings. The van der Waals surface area contributed by atoms with Crippen LogP contribution in [0.2, 0.25) is 0 Å². The van der Waals surface area contributed by atoms with Gasteiger partial charge in [0.15, 0.2) is 5.72 Å². The Bertz CT molecular complexity index is 1290. The lowest BCUT2D eigenvalue weighted by molar-refractivity contribution is -0.0545. The zero-order valence-corrected chi connectivity index (χ0v) is 20.4. The average Bonchev–Trinajstić information content (AvgIpc) is 3.50. The van der Waals surface area contributed by atoms with Gasteiger partial charge in [-0.1, -0.05) is 12.1 Å². The molecule has 1 fully saturated rings. The van der Waals surface area contributed by atoms with Gasteiger partial charge in [0, 0.05) is 23.6 Å². The second-order valence-electron chi connectivity index (χ2n) is 8.54. The number of benzene rings is 1. The molecule has 4 aromatic rings. The second-order valence-corrected chi connectivity index (χ2v) is 10.9. The Labute approximate surface area is 204 Å². The number of thiazole rings is 2. The van der Waals surface area contributed by atoms with Gasteiger partial charge in [0.05, 0.1) is 28.0 Å². The molecule has 3 heterocycles. The quantitative estimate of drug-likeness (QED) is 0.243. The van der Waals surface area contributed by atoms with E-state index >= 15 is 0 Å². The first kappa shape index (κ1) is 23.1. The predicted octanol–water partition coefficient (Wildman–Crippen LogP) is 3.30. The molecule has 0 saturated heterocycles. The molecule has 0 spiro atoms. The van der Waals surface area contributed by atoms with Gasteiger partial charge in [0.25, 0.3) is 0 Å². The maximum absolute atomic E-state index is 11.2. The molecule has 3 aromatic heterocycles. The number of rotatable bonds is 7. The van der Waals surface area contributed by atoms with Crippen LogP contribution >= 0.6 is 22.7 Å². The molecule has 0 amide bonds. The standard InChI is InChI=1S/C23H26N6O3S2/c1-12-9-24-17(33-12)10-25-22-26-13(2)18(21-27-15-5-3-4-6-16(15)34-21)20(28-22)29-23(32)8-7-14(11-30)19(23)31/h3-6,9,14,19,30-32H,7-8,10-11H2,1-2H3,(H2,25,26,28,29). The Balaban J connectivity index is 1.54. The highest BCUT2D eigenvalue weighted by molar-refractivity contribution is 7.21. The van der Waals surface area contributed by atoms with Crippen molar-refractivity contribution in [1.82, 2.24) is 19.9 Å². The van der Waals surface area contributed by atoms with E-state index in [4.69, 9.17) is 4.98 Å². The predicted molar refractivity (Wildman–Crippen MR) is 134 cm³/mol. The van der Waals surface area contributed by atoms with Crippen molar-refractivity contribution in [3.8, 4) is 10.6 Å². The fourth-order valence-corrected chi connectivity index (χ4v) is 6.04. The van der Waals surface area contributed by atoms with E-state index in [0.717, 1.165) is 25.1 Å². The molecular weight excluding hydrogens is 472 g/mol. The van der Waals surface area contributed by atoms with Crippen LogP contribution in [0.3, 0.4) is 0 Å². The van der Waals surface area contributed by atoms with Crippen LogP contribution in [0, 0.1) is 19.8 Å². The maximum Gasteiger partial charge on any atom is 0.225 e. The van der Waals surface area contributed by atoms with Gasteiger partial charge in [0.2, 0.25) is 5.95 Å². The number of aliphatic hydroxyl groups excluding tert-OH is 2. The molecule has 0 aliphatic heterocycles. The van der Waals surface area contributed by atoms with E-state index in [2.05, 4.69) is 25.6 Å². The Morgan fingerprint density at radius 1 is 1.15 bits per heavy atom. The van der Waals surface area contributed by atoms with Crippen LogP contribution in [0.4, 0.5) is 11.8 Å². The molecule has 5 N–H and O–H groups in total. The second kappa shape index (κ2) is 9.16. The lowest BCUT2D eigenvalue weighted by Gasteiger charge is -2.31. The van der Waals surface area contributed by atoms with E-state index in [1.807, 2.05) is 44.3 Å². The lowest BCUT2D eigenvalue weighted by atomic mass is 10.0. The number of aliphatic hydroxyl groups is 3. The van der Waals surface area contributed by atoms with E-state index in [1.165, 1.54) is 11.3 Å². The Hall–Kier alpha value is -2.70. The van der Waals surface area contributed by atoms with Crippen LogP contribution in [0.5, 0.6) is 0 Å². The van der Waals surface area contributed by atoms with E-state index in [-0.39, 0.29) is 13.0 Å². The molecule has 5 rings (SSSR count). The van der Waals surface area contributed by atoms with Crippen LogP contribution in [0.15, 0.2) is 30.5 Å². The molecule has 3 unspecified atom stereocenters. The van der Waals surface area contributed by atoms with Gasteiger partial charge in [-0.25, -0.2) is 15.0 Å². The number of para-hydroxylation sites is 1. The number of anilines is 2. The summed E-state index contributed by atoms with van der Waals surface area (Å²) in [4.78, 5) is 19.6. The maximum atomic E-state index is 11.2. The Kier molecular flexibility index (Phi) is 6.21. The Morgan fingerprint density at radius 2 is 1.97 bits per heavy atom. The summed E-state index contributed by atoms with van der Waals surface area (Å²) in [7, 11) is 0. The summed E-state index contributed by atoms with van der Waals surface area (Å²) in [6, 6.07) is 7.86. The molecule has 1 aliphatic carbocycles. The first-order valence-corrected chi connectivity index (χ1v) is 12.7. The van der Waals surface area contributed by atoms with Crippen LogP contribution in [0.1, 0.15) is 28.4 Å². The van der Waals surface area contributed by atoms with Crippen molar-refractivity contribution < 1.29 is 15.3 Å². The molecule has 34 heavy (non-hydrogen) atoms. The van der Waals surface area contributed by atoms with Crippen LogP contribution < -0.4 is 10.6 Å². The zero-order valence-electron chi connectivity index (χ0n) is 18.8. The highest BCUT2D eigenvalue weighted by Gasteiger charge is 2.47. The Morgan fingerprint density at radius 3 is 2.68 bits per heavy atom. The summed E-state index contributed by atoms with van der Waals surface area (Å²) < 4.78 is 1.03. The van der Waals surface area contributed by atoms with Gasteiger partial charge >= 0.3 is 0 Å². The van der Waals surface area contributed by atoms with E-state index in [1.54, 1.807) is 11.3 Å². The normalized spacial score (nSPS) is 22.4. The van der Waals surface area contributed by atoms with Crippen molar-refractivity contribution in [2.75, 3.05) is 17.2 Å². The van der Waals surface area contributed by atoms with Crippen molar-refractivity contribution in [2.45, 2.75) is 45.1 Å². The molecular formula is C23H26N6O3S2. The van der Waals surface area contributed by atoms with Crippen molar-refractivity contribution in [3.05, 3.63) is 46.0 Å². The number of nitrogens with zero attached hydrogens (tertiary/aromatic N) is 4. The minimum Gasteiger partial charge on any atom is -0.396 e. The molecule has 0 radical (unpaired) electrons. The summed E-state index contributed by atoms with van der Waals surface area (Å²) >= 11 is 3.11. The molecule has 1 aromatic carbocycles. The van der Waals surface area contributed by atoms with E-state index in [0.29, 0.717) is 36.0 Å². The molecule has 178 valence electrons. The van der Waals surface area contributed by atoms with Crippen LogP contribution in [-0.4, -0.2) is 53.7 Å². The zero-order chi connectivity index (χ0) is 23.9. The topological polar surface area (TPSA) is 136 Å². The minimum atomic E-state index is -1.62. The van der Waals surface area contributed by atoms with Crippen molar-refractivity contribution >= 4 is 44.7 Å². The third-order valence-corrected chi connectivity index (χ3v) is 8.03. The number of hydrogen-bond donors (Lipinski definition) is 5. The van der Waals surface area contributed by atoms with Gasteiger partial charge in [-0.15, -0.1) is 22.7 Å². The van der Waals surface area contributed by atoms with Gasteiger partial charge in [0.1, 0.15) is 21.9 Å². The van der Waals surface area contributed by atoms with Gasteiger partial charge < -0.3 is 26.0 Å². The molecule has 1 saturated carbocycles. The largest absolute Gasteiger partial charge is 0.396 e. The SMILES string of the molecule is Cc1cnc(CNc2nc(C)c(-c3nc4ccccc4s3)c(NC3(O)CCC(CO)C3O)n2)s1. The van der Waals surface area contributed by atoms with Crippen LogP contribution in [0.25, 0.3) is 20.8 Å². The van der Waals surface area contributed by atoms with Gasteiger partial charge in [-0.3, -0.25) is 0 Å². The minimum absolute atomic E-state index is 0.196. The smallest absolute Gasteiger partial charge is 0.225 e. The molecule has 0 bridgehead atoms. The molecule has 11 heteroatoms. The van der Waals surface area contributed by atoms with Gasteiger partial charge in [-0.2, -0.15) is 4.98 Å². The summed E-state index contributed by atoms with van der Waals surface area (Å²) in [5.74, 6) is 0.356. The number of aromatic nitrogens is 4. The van der Waals surface area contributed by atoms with Crippen molar-refractivity contribution in [3.63, 3.8) is 0 Å². The molecule has 9 nitrogen and oxygen atoms in total. The number of fused-ring (bicyclic) bond motifs is 1. The third-order valence-electron chi connectivity index (χ3n) is 6.07. The van der Waals surface area contributed by atoms with E-state index < -0.39 is 17.7 Å². The summed E-state index contributed by atoms with van der Waals surface area (Å²) in [5.41, 5.74) is 0.604. The fraction of sp³-hybridized carbons (Fsp3) is 0.391. The highest BCUT2D eigenvalue weighted by Crippen LogP contribution is 2.40. The fourth-order valence-electron chi connectivity index (χ4n) is 4.25. The first-order chi connectivity index (χ1) is 16.4. The van der Waals surface area contributed by atoms with Crippen LogP contribution in [-0.2, 0) is 6.54 Å².